The molecule has 1 unspecified atom stereocenters. The second-order valence-electron chi connectivity index (χ2n) is 6.24. The summed E-state index contributed by atoms with van der Waals surface area (Å²) in [6.45, 7) is 5.58. The number of aromatic nitrogens is 1. The van der Waals surface area contributed by atoms with Crippen molar-refractivity contribution in [1.82, 2.24) is 5.16 Å². The number of thiophene rings is 1. The number of nitrogens with one attached hydrogen (secondary N) is 1. The monoisotopic (exact) mass is 347 g/mol. The maximum Gasteiger partial charge on any atom is 0.261 e. The quantitative estimate of drug-likeness (QED) is 0.887. The number of primary amides is 1. The number of carbonyl (C=O) groups excluding carboxylic acids is 2. The van der Waals surface area contributed by atoms with Crippen LogP contribution in [0.15, 0.2) is 4.52 Å². The maximum atomic E-state index is 12.6. The number of fused-ring (bicyclic) bond motifs is 1. The Hall–Kier alpha value is -2.15. The van der Waals surface area contributed by atoms with Crippen LogP contribution in [0.3, 0.4) is 0 Å². The van der Waals surface area contributed by atoms with Gasteiger partial charge >= 0.3 is 0 Å². The highest BCUT2D eigenvalue weighted by Gasteiger charge is 2.29. The summed E-state index contributed by atoms with van der Waals surface area (Å²) in [5, 5.41) is 7.18. The van der Waals surface area contributed by atoms with Crippen LogP contribution in [0, 0.1) is 19.8 Å². The summed E-state index contributed by atoms with van der Waals surface area (Å²) in [6, 6.07) is 0. The Labute approximate surface area is 144 Å². The van der Waals surface area contributed by atoms with Crippen LogP contribution in [-0.4, -0.2) is 17.0 Å². The molecule has 0 spiro atoms. The van der Waals surface area contributed by atoms with Crippen LogP contribution in [0.2, 0.25) is 0 Å². The summed E-state index contributed by atoms with van der Waals surface area (Å²) in [5.41, 5.74) is 7.99. The van der Waals surface area contributed by atoms with Crippen molar-refractivity contribution in [2.24, 2.45) is 11.7 Å². The number of hydrogen-bond acceptors (Lipinski definition) is 5. The summed E-state index contributed by atoms with van der Waals surface area (Å²) >= 11 is 1.46. The summed E-state index contributed by atoms with van der Waals surface area (Å²) in [7, 11) is 0. The molecule has 1 atom stereocenters. The topological polar surface area (TPSA) is 98.2 Å². The first-order chi connectivity index (χ1) is 11.4. The molecule has 0 saturated carbocycles. The van der Waals surface area contributed by atoms with Gasteiger partial charge in [-0.3, -0.25) is 9.59 Å². The summed E-state index contributed by atoms with van der Waals surface area (Å²) < 4.78 is 5.04. The predicted molar refractivity (Wildman–Crippen MR) is 92.6 cm³/mol. The van der Waals surface area contributed by atoms with E-state index in [1.165, 1.54) is 11.3 Å². The zero-order valence-corrected chi connectivity index (χ0v) is 14.9. The minimum Gasteiger partial charge on any atom is -0.365 e. The molecule has 3 rings (SSSR count). The standard InChI is InChI=1S/C17H21N3O3S/c1-4-10-5-6-11-12(7-10)24-17(14(11)15(18)21)19-16(22)13-8(2)20-23-9(13)3/h10H,4-7H2,1-3H3,(H2,18,21)(H,19,22). The number of aryl methyl sites for hydroxylation is 2. The average molecular weight is 347 g/mol. The average Bonchev–Trinajstić information content (AvgIpc) is 3.05. The van der Waals surface area contributed by atoms with Gasteiger partial charge in [-0.1, -0.05) is 18.5 Å². The molecule has 0 fully saturated rings. The molecule has 1 aliphatic carbocycles. The minimum absolute atomic E-state index is 0.320. The highest BCUT2D eigenvalue weighted by atomic mass is 32.1. The molecule has 0 aliphatic heterocycles. The van der Waals surface area contributed by atoms with E-state index in [9.17, 15) is 9.59 Å². The van der Waals surface area contributed by atoms with Crippen molar-refractivity contribution < 1.29 is 14.1 Å². The second-order valence-corrected chi connectivity index (χ2v) is 7.35. The van der Waals surface area contributed by atoms with Crippen molar-refractivity contribution >= 4 is 28.2 Å². The molecular weight excluding hydrogens is 326 g/mol. The van der Waals surface area contributed by atoms with Crippen LogP contribution < -0.4 is 11.1 Å². The lowest BCUT2D eigenvalue weighted by Crippen LogP contribution is -2.20. The molecule has 24 heavy (non-hydrogen) atoms. The van der Waals surface area contributed by atoms with Crippen molar-refractivity contribution in [3.05, 3.63) is 33.0 Å². The van der Waals surface area contributed by atoms with Crippen molar-refractivity contribution in [2.45, 2.75) is 46.5 Å². The summed E-state index contributed by atoms with van der Waals surface area (Å²) in [5.74, 6) is 0.275. The fourth-order valence-corrected chi connectivity index (χ4v) is 4.69. The number of nitrogens with two attached hydrogens (primary N) is 1. The molecule has 2 aromatic heterocycles. The predicted octanol–water partition coefficient (Wildman–Crippen LogP) is 3.22. The van der Waals surface area contributed by atoms with Gasteiger partial charge in [0.1, 0.15) is 16.3 Å². The van der Waals surface area contributed by atoms with Gasteiger partial charge in [0, 0.05) is 4.88 Å². The van der Waals surface area contributed by atoms with Crippen molar-refractivity contribution in [1.29, 1.82) is 0 Å². The Kier molecular flexibility index (Phi) is 4.45. The number of nitrogens with zero attached hydrogens (tertiary/aromatic N) is 1. The SMILES string of the molecule is CCC1CCc2c(sc(NC(=O)c3c(C)noc3C)c2C(N)=O)C1. The van der Waals surface area contributed by atoms with E-state index >= 15 is 0 Å². The third-order valence-corrected chi connectivity index (χ3v) is 5.85. The van der Waals surface area contributed by atoms with Gasteiger partial charge in [-0.05, 0) is 44.6 Å². The zero-order chi connectivity index (χ0) is 17.4. The van der Waals surface area contributed by atoms with Gasteiger partial charge in [0.15, 0.2) is 0 Å². The molecule has 2 amide bonds. The molecule has 128 valence electrons. The van der Waals surface area contributed by atoms with Crippen LogP contribution in [0.25, 0.3) is 0 Å². The first-order valence-electron chi connectivity index (χ1n) is 8.10. The van der Waals surface area contributed by atoms with E-state index in [0.717, 1.165) is 36.1 Å². The molecule has 0 radical (unpaired) electrons. The second kappa shape index (κ2) is 6.39. The van der Waals surface area contributed by atoms with Crippen molar-refractivity contribution in [2.75, 3.05) is 5.32 Å². The fourth-order valence-electron chi connectivity index (χ4n) is 3.32. The minimum atomic E-state index is -0.489. The Bertz CT molecular complexity index is 787. The molecule has 2 aromatic rings. The maximum absolute atomic E-state index is 12.6. The molecule has 6 nitrogen and oxygen atoms in total. The van der Waals surface area contributed by atoms with E-state index in [-0.39, 0.29) is 5.91 Å². The number of amides is 2. The summed E-state index contributed by atoms with van der Waals surface area (Å²) in [4.78, 5) is 25.7. The van der Waals surface area contributed by atoms with Crippen molar-refractivity contribution in [3.8, 4) is 0 Å². The van der Waals surface area contributed by atoms with Gasteiger partial charge in [-0.2, -0.15) is 0 Å². The van der Waals surface area contributed by atoms with Crippen LogP contribution in [-0.2, 0) is 12.8 Å². The van der Waals surface area contributed by atoms with E-state index in [2.05, 4.69) is 17.4 Å². The molecule has 3 N–H and O–H groups in total. The van der Waals surface area contributed by atoms with Gasteiger partial charge in [-0.25, -0.2) is 0 Å². The van der Waals surface area contributed by atoms with E-state index in [1.54, 1.807) is 13.8 Å². The molecule has 0 aromatic carbocycles. The molecule has 1 aliphatic rings. The van der Waals surface area contributed by atoms with Gasteiger partial charge in [0.25, 0.3) is 11.8 Å². The van der Waals surface area contributed by atoms with Crippen LogP contribution in [0.4, 0.5) is 5.00 Å². The van der Waals surface area contributed by atoms with Gasteiger partial charge < -0.3 is 15.6 Å². The Morgan fingerprint density at radius 3 is 2.71 bits per heavy atom. The Morgan fingerprint density at radius 1 is 1.38 bits per heavy atom. The van der Waals surface area contributed by atoms with Crippen molar-refractivity contribution in [3.63, 3.8) is 0 Å². The zero-order valence-electron chi connectivity index (χ0n) is 14.1. The third kappa shape index (κ3) is 2.84. The third-order valence-electron chi connectivity index (χ3n) is 4.68. The lowest BCUT2D eigenvalue weighted by molar-refractivity contribution is 0.1000. The fraction of sp³-hybridized carbons (Fsp3) is 0.471. The summed E-state index contributed by atoms with van der Waals surface area (Å²) in [6.07, 6.45) is 3.95. The number of anilines is 1. The van der Waals surface area contributed by atoms with Crippen LogP contribution >= 0.6 is 11.3 Å². The molecular formula is C17H21N3O3S. The Balaban J connectivity index is 1.95. The largest absolute Gasteiger partial charge is 0.365 e. The highest BCUT2D eigenvalue weighted by molar-refractivity contribution is 7.17. The number of carbonyl (C=O) groups is 2. The molecule has 2 heterocycles. The first kappa shape index (κ1) is 16.7. The Morgan fingerprint density at radius 2 is 2.12 bits per heavy atom. The normalized spacial score (nSPS) is 16.7. The lowest BCUT2D eigenvalue weighted by Gasteiger charge is -2.20. The number of hydrogen-bond donors (Lipinski definition) is 2. The molecule has 0 bridgehead atoms. The molecule has 0 saturated heterocycles. The molecule has 7 heteroatoms. The number of rotatable bonds is 4. The van der Waals surface area contributed by atoms with E-state index < -0.39 is 5.91 Å². The van der Waals surface area contributed by atoms with Crippen LogP contribution in [0.5, 0.6) is 0 Å². The lowest BCUT2D eigenvalue weighted by atomic mass is 9.85. The van der Waals surface area contributed by atoms with Gasteiger partial charge in [0.2, 0.25) is 0 Å². The van der Waals surface area contributed by atoms with E-state index in [1.807, 2.05) is 0 Å². The highest BCUT2D eigenvalue weighted by Crippen LogP contribution is 2.40. The van der Waals surface area contributed by atoms with E-state index in [4.69, 9.17) is 10.3 Å². The van der Waals surface area contributed by atoms with Gasteiger partial charge in [-0.15, -0.1) is 11.3 Å². The van der Waals surface area contributed by atoms with Crippen LogP contribution in [0.1, 0.15) is 62.4 Å². The van der Waals surface area contributed by atoms with Gasteiger partial charge in [0.05, 0.1) is 11.3 Å². The van der Waals surface area contributed by atoms with E-state index in [0.29, 0.717) is 33.5 Å². The smallest absolute Gasteiger partial charge is 0.261 e. The first-order valence-corrected chi connectivity index (χ1v) is 8.92.